The third-order valence-electron chi connectivity index (χ3n) is 15.4. The smallest absolute Gasteiger partial charge is 0.297 e. The van der Waals surface area contributed by atoms with E-state index >= 15 is 0 Å². The molecule has 4 aliphatic rings. The molecule has 0 radical (unpaired) electrons. The van der Waals surface area contributed by atoms with Gasteiger partial charge in [-0.1, -0.05) is 148 Å². The van der Waals surface area contributed by atoms with Crippen molar-refractivity contribution >= 4 is 57.4 Å². The molecule has 0 unspecified atom stereocenters. The highest BCUT2D eigenvalue weighted by molar-refractivity contribution is 6.99. The summed E-state index contributed by atoms with van der Waals surface area (Å²) in [7, 11) is 0. The molecule has 4 heteroatoms. The van der Waals surface area contributed by atoms with E-state index < -0.39 is 0 Å². The third kappa shape index (κ3) is 6.19. The standard InChI is InChI=1S/C56H71BN2O/c1-50(2,3)34-18-22-37(23-19-34)58-42-33-40-39(53(10,11)26-27-54(40,12)13)32-41(42)57-46-43(58)30-36(52(7,8)9)31-44(46)59(38-24-20-35(21-25-38)51(4,5)6)47-45-48(60-49(47)57)56(16,17)29-28-55(45,14)15/h18-25,30-33H,26-29H2,1-17H3. The van der Waals surface area contributed by atoms with Gasteiger partial charge in [0.05, 0.1) is 11.3 Å². The van der Waals surface area contributed by atoms with Crippen LogP contribution >= 0.6 is 0 Å². The Morgan fingerprint density at radius 1 is 0.483 bits per heavy atom. The first-order valence-corrected chi connectivity index (χ1v) is 23.0. The summed E-state index contributed by atoms with van der Waals surface area (Å²) in [6.07, 6.45) is 4.56. The summed E-state index contributed by atoms with van der Waals surface area (Å²) in [5.74, 6) is 1.17. The number of furan rings is 1. The molecule has 314 valence electrons. The zero-order valence-electron chi connectivity index (χ0n) is 40.1. The van der Waals surface area contributed by atoms with Crippen molar-refractivity contribution in [1.29, 1.82) is 0 Å². The molecule has 2 aliphatic heterocycles. The van der Waals surface area contributed by atoms with Gasteiger partial charge in [-0.2, -0.15) is 0 Å². The normalized spacial score (nSPS) is 19.6. The van der Waals surface area contributed by atoms with Crippen LogP contribution in [0, 0.1) is 0 Å². The molecular weight excluding hydrogens is 727 g/mol. The zero-order valence-corrected chi connectivity index (χ0v) is 40.1. The van der Waals surface area contributed by atoms with Crippen LogP contribution in [0.2, 0.25) is 0 Å². The van der Waals surface area contributed by atoms with Crippen molar-refractivity contribution < 1.29 is 4.42 Å². The van der Waals surface area contributed by atoms with E-state index in [-0.39, 0.29) is 44.6 Å². The largest absolute Gasteiger partial charge is 0.472 e. The van der Waals surface area contributed by atoms with Crippen molar-refractivity contribution in [3.05, 3.63) is 112 Å². The average Bonchev–Trinajstić information content (AvgIpc) is 3.57. The van der Waals surface area contributed by atoms with Crippen LogP contribution in [0.25, 0.3) is 0 Å². The fraction of sp³-hybridized carbons (Fsp3) is 0.500. The molecule has 0 fully saturated rings. The van der Waals surface area contributed by atoms with E-state index in [4.69, 9.17) is 4.42 Å². The summed E-state index contributed by atoms with van der Waals surface area (Å²) in [5, 5.41) is 0. The van der Waals surface area contributed by atoms with Gasteiger partial charge in [0.25, 0.3) is 6.71 Å². The van der Waals surface area contributed by atoms with Crippen LogP contribution in [-0.4, -0.2) is 6.71 Å². The second-order valence-electron chi connectivity index (χ2n) is 24.9. The summed E-state index contributed by atoms with van der Waals surface area (Å²) in [4.78, 5) is 5.27. The van der Waals surface area contributed by atoms with Crippen molar-refractivity contribution in [2.75, 3.05) is 9.80 Å². The van der Waals surface area contributed by atoms with E-state index in [0.29, 0.717) is 0 Å². The number of hydrogen-bond donors (Lipinski definition) is 0. The van der Waals surface area contributed by atoms with Crippen molar-refractivity contribution in [2.24, 2.45) is 0 Å². The third-order valence-corrected chi connectivity index (χ3v) is 15.4. The first-order chi connectivity index (χ1) is 27.6. The van der Waals surface area contributed by atoms with Crippen LogP contribution in [0.5, 0.6) is 0 Å². The highest BCUT2D eigenvalue weighted by Crippen LogP contribution is 2.56. The molecule has 3 heterocycles. The Kier molecular flexibility index (Phi) is 8.72. The minimum atomic E-state index is -0.0932. The Balaban J connectivity index is 1.45. The second-order valence-corrected chi connectivity index (χ2v) is 24.9. The molecule has 9 rings (SSSR count). The molecule has 0 spiro atoms. The quantitative estimate of drug-likeness (QED) is 0.162. The predicted molar refractivity (Wildman–Crippen MR) is 259 cm³/mol. The average molecular weight is 799 g/mol. The Morgan fingerprint density at radius 3 is 1.42 bits per heavy atom. The maximum Gasteiger partial charge on any atom is 0.297 e. The molecule has 4 aromatic carbocycles. The SMILES string of the molecule is CC(C)(C)c1ccc(N2c3cc4c(cc3B3c5oc6c(c5N(c5ccc(C(C)(C)C)cc5)c5cc(C(C)(C)C)cc2c53)C(C)(C)CCC6(C)C)C(C)(C)CCC4(C)C)cc1. The second kappa shape index (κ2) is 12.7. The van der Waals surface area contributed by atoms with Crippen LogP contribution in [-0.2, 0) is 37.9 Å². The minimum Gasteiger partial charge on any atom is -0.472 e. The van der Waals surface area contributed by atoms with Gasteiger partial charge in [-0.3, -0.25) is 0 Å². The van der Waals surface area contributed by atoms with Gasteiger partial charge >= 0.3 is 0 Å². The van der Waals surface area contributed by atoms with E-state index in [2.05, 4.69) is 200 Å². The van der Waals surface area contributed by atoms with E-state index in [1.54, 1.807) is 0 Å². The first kappa shape index (κ1) is 41.2. The summed E-state index contributed by atoms with van der Waals surface area (Å²) >= 11 is 0. The predicted octanol–water partition coefficient (Wildman–Crippen LogP) is 14.0. The van der Waals surface area contributed by atoms with Crippen LogP contribution in [0.1, 0.15) is 183 Å². The molecule has 2 aliphatic carbocycles. The van der Waals surface area contributed by atoms with E-state index in [9.17, 15) is 0 Å². The summed E-state index contributed by atoms with van der Waals surface area (Å²) in [5.41, 5.74) is 19.7. The van der Waals surface area contributed by atoms with Crippen molar-refractivity contribution in [3.63, 3.8) is 0 Å². The number of benzene rings is 4. The molecule has 0 saturated heterocycles. The van der Waals surface area contributed by atoms with Crippen molar-refractivity contribution in [2.45, 2.75) is 181 Å². The number of hydrogen-bond acceptors (Lipinski definition) is 3. The van der Waals surface area contributed by atoms with Gasteiger partial charge in [0.2, 0.25) is 0 Å². The van der Waals surface area contributed by atoms with Gasteiger partial charge in [-0.05, 0) is 139 Å². The van der Waals surface area contributed by atoms with Gasteiger partial charge < -0.3 is 14.2 Å². The number of fused-ring (bicyclic) bond motifs is 7. The van der Waals surface area contributed by atoms with Gasteiger partial charge in [0.1, 0.15) is 5.76 Å². The van der Waals surface area contributed by atoms with Crippen molar-refractivity contribution in [3.8, 4) is 0 Å². The Morgan fingerprint density at radius 2 is 0.917 bits per heavy atom. The molecule has 5 aromatic rings. The van der Waals surface area contributed by atoms with Crippen LogP contribution < -0.4 is 26.4 Å². The van der Waals surface area contributed by atoms with Crippen LogP contribution in [0.3, 0.4) is 0 Å². The van der Waals surface area contributed by atoms with Gasteiger partial charge in [-0.15, -0.1) is 0 Å². The van der Waals surface area contributed by atoms with E-state index in [0.717, 1.165) is 18.5 Å². The van der Waals surface area contributed by atoms with Crippen LogP contribution in [0.15, 0.2) is 77.2 Å². The van der Waals surface area contributed by atoms with Crippen LogP contribution in [0.4, 0.5) is 34.1 Å². The topological polar surface area (TPSA) is 19.6 Å². The molecule has 0 saturated carbocycles. The Bertz CT molecular complexity index is 2540. The molecule has 0 atom stereocenters. The van der Waals surface area contributed by atoms with E-state index in [1.165, 1.54) is 97.0 Å². The van der Waals surface area contributed by atoms with Gasteiger partial charge in [0, 0.05) is 39.4 Å². The maximum atomic E-state index is 7.68. The lowest BCUT2D eigenvalue weighted by Crippen LogP contribution is -2.61. The summed E-state index contributed by atoms with van der Waals surface area (Å²) in [6.45, 7) is 40.6. The van der Waals surface area contributed by atoms with E-state index in [1.807, 2.05) is 0 Å². The number of rotatable bonds is 2. The van der Waals surface area contributed by atoms with Gasteiger partial charge in [0.15, 0.2) is 0 Å². The number of anilines is 6. The fourth-order valence-electron chi connectivity index (χ4n) is 11.0. The first-order valence-electron chi connectivity index (χ1n) is 23.0. The molecule has 0 amide bonds. The lowest BCUT2D eigenvalue weighted by Gasteiger charge is -2.47. The number of nitrogens with zero attached hydrogens (tertiary/aromatic N) is 2. The highest BCUT2D eigenvalue weighted by Gasteiger charge is 2.53. The Labute approximate surface area is 363 Å². The highest BCUT2D eigenvalue weighted by atomic mass is 16.3. The zero-order chi connectivity index (χ0) is 43.5. The molecule has 60 heavy (non-hydrogen) atoms. The summed E-state index contributed by atoms with van der Waals surface area (Å²) in [6, 6.07) is 29.3. The maximum absolute atomic E-state index is 7.68. The molecule has 1 aromatic heterocycles. The summed E-state index contributed by atoms with van der Waals surface area (Å²) < 4.78 is 7.68. The Hall–Kier alpha value is -4.18. The lowest BCUT2D eigenvalue weighted by molar-refractivity contribution is 0.282. The monoisotopic (exact) mass is 799 g/mol. The molecular formula is C56H71BN2O. The molecule has 0 N–H and O–H groups in total. The lowest BCUT2D eigenvalue weighted by atomic mass is 9.35. The van der Waals surface area contributed by atoms with Gasteiger partial charge in [-0.25, -0.2) is 0 Å². The minimum absolute atomic E-state index is 0.0526. The fourth-order valence-corrected chi connectivity index (χ4v) is 11.0. The molecule has 0 bridgehead atoms. The molecule has 3 nitrogen and oxygen atoms in total. The van der Waals surface area contributed by atoms with Crippen molar-refractivity contribution in [1.82, 2.24) is 0 Å².